The Morgan fingerprint density at radius 3 is 2.34 bits per heavy atom. The number of carbonyl (C=O) groups is 1. The van der Waals surface area contributed by atoms with Crippen LogP contribution in [0.25, 0.3) is 21.7 Å². The number of aromatic nitrogens is 1. The molecule has 0 spiro atoms. The van der Waals surface area contributed by atoms with Crippen LogP contribution in [0.4, 0.5) is 0 Å². The molecule has 4 fully saturated rings. The highest BCUT2D eigenvalue weighted by Gasteiger charge is 2.60. The summed E-state index contributed by atoms with van der Waals surface area (Å²) in [7, 11) is 0. The third-order valence-corrected chi connectivity index (χ3v) is 7.49. The molecule has 1 N–H and O–H groups in total. The zero-order valence-electron chi connectivity index (χ0n) is 16.4. The molecule has 4 bridgehead atoms. The highest BCUT2D eigenvalue weighted by atomic mass is 16.5. The Morgan fingerprint density at radius 2 is 1.62 bits per heavy atom. The predicted octanol–water partition coefficient (Wildman–Crippen LogP) is 4.76. The van der Waals surface area contributed by atoms with Crippen LogP contribution in [0.3, 0.4) is 0 Å². The normalized spacial score (nSPS) is 32.7. The van der Waals surface area contributed by atoms with E-state index in [0.717, 1.165) is 59.5 Å². The molecule has 148 valence electrons. The van der Waals surface area contributed by atoms with Gasteiger partial charge in [-0.3, -0.25) is 4.79 Å². The number of hydrogen-bond acceptors (Lipinski definition) is 4. The van der Waals surface area contributed by atoms with Gasteiger partial charge in [-0.15, -0.1) is 0 Å². The third kappa shape index (κ3) is 2.69. The Hall–Kier alpha value is -2.46. The molecule has 4 aliphatic carbocycles. The number of aliphatic hydroxyl groups is 1. The molecule has 29 heavy (non-hydrogen) atoms. The van der Waals surface area contributed by atoms with E-state index in [1.807, 2.05) is 36.4 Å². The minimum absolute atomic E-state index is 0.135. The van der Waals surface area contributed by atoms with E-state index in [1.54, 1.807) is 0 Å². The van der Waals surface area contributed by atoms with Crippen molar-refractivity contribution in [1.29, 1.82) is 0 Å². The maximum Gasteiger partial charge on any atom is 0.312 e. The van der Waals surface area contributed by atoms with Gasteiger partial charge in [-0.05, 0) is 61.8 Å². The molecule has 2 aromatic carbocycles. The Balaban J connectivity index is 1.32. The minimum atomic E-state index is -0.656. The number of benzene rings is 2. The lowest BCUT2D eigenvalue weighted by Gasteiger charge is -2.58. The fourth-order valence-corrected chi connectivity index (χ4v) is 6.82. The first-order valence-corrected chi connectivity index (χ1v) is 10.7. The number of ether oxygens (including phenoxy) is 1. The number of rotatable bonds is 3. The van der Waals surface area contributed by atoms with E-state index in [9.17, 15) is 9.90 Å². The second-order valence-corrected chi connectivity index (χ2v) is 9.66. The van der Waals surface area contributed by atoms with Gasteiger partial charge in [-0.1, -0.05) is 42.5 Å². The first kappa shape index (κ1) is 17.4. The Kier molecular flexibility index (Phi) is 3.61. The number of pyridine rings is 1. The van der Waals surface area contributed by atoms with Crippen molar-refractivity contribution in [2.45, 2.75) is 50.7 Å². The standard InChI is InChI=1S/C25H25NO3/c27-23(24-10-16-9-17(11-24)13-25(28,12-16)15-24)29-14-22-20-7-2-1-5-18(20)19-6-3-4-8-21(19)26-22/h1-8,16-17,28H,9-15H2. The zero-order chi connectivity index (χ0) is 19.6. The summed E-state index contributed by atoms with van der Waals surface area (Å²) >= 11 is 0. The molecule has 1 heterocycles. The molecular weight excluding hydrogens is 362 g/mol. The second-order valence-electron chi connectivity index (χ2n) is 9.66. The molecule has 0 aliphatic heterocycles. The predicted molar refractivity (Wildman–Crippen MR) is 111 cm³/mol. The van der Waals surface area contributed by atoms with Gasteiger partial charge in [-0.2, -0.15) is 0 Å². The molecule has 4 saturated carbocycles. The molecule has 4 aliphatic rings. The van der Waals surface area contributed by atoms with Crippen LogP contribution < -0.4 is 0 Å². The maximum absolute atomic E-state index is 13.3. The van der Waals surface area contributed by atoms with Crippen molar-refractivity contribution < 1.29 is 14.6 Å². The van der Waals surface area contributed by atoms with E-state index in [0.29, 0.717) is 18.3 Å². The summed E-state index contributed by atoms with van der Waals surface area (Å²) in [6.07, 6.45) is 5.18. The summed E-state index contributed by atoms with van der Waals surface area (Å²) in [5.74, 6) is 0.797. The van der Waals surface area contributed by atoms with Crippen LogP contribution in [-0.4, -0.2) is 21.7 Å². The molecule has 4 heteroatoms. The van der Waals surface area contributed by atoms with Gasteiger partial charge >= 0.3 is 5.97 Å². The average molecular weight is 387 g/mol. The van der Waals surface area contributed by atoms with Crippen LogP contribution >= 0.6 is 0 Å². The second kappa shape index (κ2) is 6.02. The van der Waals surface area contributed by atoms with Crippen molar-refractivity contribution in [3.05, 3.63) is 54.2 Å². The summed E-state index contributed by atoms with van der Waals surface area (Å²) in [6.45, 7) is 0.180. The van der Waals surface area contributed by atoms with E-state index in [4.69, 9.17) is 9.72 Å². The van der Waals surface area contributed by atoms with Gasteiger partial charge < -0.3 is 9.84 Å². The van der Waals surface area contributed by atoms with E-state index in [2.05, 4.69) is 12.1 Å². The first-order valence-electron chi connectivity index (χ1n) is 10.7. The highest BCUT2D eigenvalue weighted by Crippen LogP contribution is 2.62. The van der Waals surface area contributed by atoms with Crippen LogP contribution in [0.1, 0.15) is 44.2 Å². The Labute approximate surface area is 169 Å². The largest absolute Gasteiger partial charge is 0.459 e. The lowest BCUT2D eigenvalue weighted by Crippen LogP contribution is -2.58. The SMILES string of the molecule is O=C(OCc1nc2ccccc2c2ccccc12)C12CC3CC(CC(O)(C3)C1)C2. The molecule has 0 saturated heterocycles. The van der Waals surface area contributed by atoms with Crippen LogP contribution in [0.15, 0.2) is 48.5 Å². The molecule has 2 unspecified atom stereocenters. The van der Waals surface area contributed by atoms with Gasteiger partial charge in [0.05, 0.1) is 22.2 Å². The van der Waals surface area contributed by atoms with Crippen molar-refractivity contribution in [1.82, 2.24) is 4.98 Å². The molecule has 0 amide bonds. The number of hydrogen-bond donors (Lipinski definition) is 1. The van der Waals surface area contributed by atoms with E-state index in [1.165, 1.54) is 0 Å². The number of fused-ring (bicyclic) bond motifs is 3. The number of esters is 1. The third-order valence-electron chi connectivity index (χ3n) is 7.49. The van der Waals surface area contributed by atoms with Crippen molar-refractivity contribution in [2.75, 3.05) is 0 Å². The molecular formula is C25H25NO3. The lowest BCUT2D eigenvalue weighted by atomic mass is 9.48. The number of para-hydroxylation sites is 1. The van der Waals surface area contributed by atoms with Gasteiger partial charge in [0.2, 0.25) is 0 Å². The summed E-state index contributed by atoms with van der Waals surface area (Å²) in [4.78, 5) is 18.1. The smallest absolute Gasteiger partial charge is 0.312 e. The van der Waals surface area contributed by atoms with Gasteiger partial charge in [-0.25, -0.2) is 4.98 Å². The zero-order valence-corrected chi connectivity index (χ0v) is 16.4. The van der Waals surface area contributed by atoms with Gasteiger partial charge in [0.1, 0.15) is 6.61 Å². The van der Waals surface area contributed by atoms with Gasteiger partial charge in [0.25, 0.3) is 0 Å². The van der Waals surface area contributed by atoms with E-state index in [-0.39, 0.29) is 12.6 Å². The van der Waals surface area contributed by atoms with Crippen molar-refractivity contribution in [2.24, 2.45) is 17.3 Å². The van der Waals surface area contributed by atoms with Gasteiger partial charge in [0, 0.05) is 10.8 Å². The Morgan fingerprint density at radius 1 is 0.966 bits per heavy atom. The molecule has 4 nitrogen and oxygen atoms in total. The molecule has 7 rings (SSSR count). The fourth-order valence-electron chi connectivity index (χ4n) is 6.82. The first-order chi connectivity index (χ1) is 14.0. The topological polar surface area (TPSA) is 59.4 Å². The molecule has 1 aromatic heterocycles. The monoisotopic (exact) mass is 387 g/mol. The van der Waals surface area contributed by atoms with Crippen LogP contribution in [0.5, 0.6) is 0 Å². The van der Waals surface area contributed by atoms with Crippen molar-refractivity contribution in [3.8, 4) is 0 Å². The summed E-state index contributed by atoms with van der Waals surface area (Å²) < 4.78 is 5.90. The molecule has 2 atom stereocenters. The van der Waals surface area contributed by atoms with E-state index < -0.39 is 11.0 Å². The Bertz CT molecular complexity index is 1120. The van der Waals surface area contributed by atoms with E-state index >= 15 is 0 Å². The summed E-state index contributed by atoms with van der Waals surface area (Å²) in [5, 5.41) is 14.2. The maximum atomic E-state index is 13.3. The van der Waals surface area contributed by atoms with Crippen molar-refractivity contribution in [3.63, 3.8) is 0 Å². The number of carbonyl (C=O) groups excluding carboxylic acids is 1. The number of nitrogens with zero attached hydrogens (tertiary/aromatic N) is 1. The van der Waals surface area contributed by atoms with Crippen LogP contribution in [-0.2, 0) is 16.1 Å². The quantitative estimate of drug-likeness (QED) is 0.520. The summed E-state index contributed by atoms with van der Waals surface area (Å²) in [6, 6.07) is 16.3. The van der Waals surface area contributed by atoms with Crippen LogP contribution in [0, 0.1) is 17.3 Å². The van der Waals surface area contributed by atoms with Gasteiger partial charge in [0.15, 0.2) is 0 Å². The summed E-state index contributed by atoms with van der Waals surface area (Å²) in [5.41, 5.74) is 0.570. The molecule has 0 radical (unpaired) electrons. The highest BCUT2D eigenvalue weighted by molar-refractivity contribution is 6.06. The van der Waals surface area contributed by atoms with Crippen LogP contribution in [0.2, 0.25) is 0 Å². The molecule has 3 aromatic rings. The minimum Gasteiger partial charge on any atom is -0.459 e. The van der Waals surface area contributed by atoms with Crippen molar-refractivity contribution >= 4 is 27.6 Å². The fraction of sp³-hybridized carbons (Fsp3) is 0.440. The lowest BCUT2D eigenvalue weighted by molar-refractivity contribution is -0.197. The average Bonchev–Trinajstić information content (AvgIpc) is 2.70.